The van der Waals surface area contributed by atoms with Crippen LogP contribution in [0.15, 0.2) is 0 Å². The molecule has 2 rings (SSSR count). The van der Waals surface area contributed by atoms with E-state index in [9.17, 15) is 4.79 Å². The maximum absolute atomic E-state index is 11.7. The summed E-state index contributed by atoms with van der Waals surface area (Å²) in [5, 5.41) is 2.90. The molecule has 18 heavy (non-hydrogen) atoms. The van der Waals surface area contributed by atoms with Gasteiger partial charge in [-0.05, 0) is 25.3 Å². The molecule has 2 unspecified atom stereocenters. The largest absolute Gasteiger partial charge is 0.373 e. The minimum Gasteiger partial charge on any atom is -0.373 e. The molecule has 0 bridgehead atoms. The summed E-state index contributed by atoms with van der Waals surface area (Å²) in [5.41, 5.74) is 5.80. The van der Waals surface area contributed by atoms with Crippen LogP contribution in [-0.4, -0.2) is 55.2 Å². The molecule has 0 spiro atoms. The molecule has 0 radical (unpaired) electrons. The zero-order chi connectivity index (χ0) is 13.1. The van der Waals surface area contributed by atoms with Crippen LogP contribution in [0.1, 0.15) is 26.7 Å². The highest BCUT2D eigenvalue weighted by molar-refractivity contribution is 5.81. The lowest BCUT2D eigenvalue weighted by atomic mass is 10.0. The van der Waals surface area contributed by atoms with Crippen LogP contribution in [-0.2, 0) is 9.53 Å². The van der Waals surface area contributed by atoms with Gasteiger partial charge >= 0.3 is 0 Å². The van der Waals surface area contributed by atoms with Gasteiger partial charge in [0.25, 0.3) is 0 Å². The lowest BCUT2D eigenvalue weighted by molar-refractivity contribution is -0.124. The number of ether oxygens (including phenoxy) is 1. The molecule has 2 aliphatic heterocycles. The fraction of sp³-hybridized carbons (Fsp3) is 0.923. The summed E-state index contributed by atoms with van der Waals surface area (Å²) in [7, 11) is 0. The average Bonchev–Trinajstić information content (AvgIpc) is 2.82. The second kappa shape index (κ2) is 5.99. The number of fused-ring (bicyclic) bond motifs is 1. The van der Waals surface area contributed by atoms with Gasteiger partial charge in [-0.1, -0.05) is 13.8 Å². The Morgan fingerprint density at radius 3 is 3.06 bits per heavy atom. The topological polar surface area (TPSA) is 67.6 Å². The first-order valence-electron chi connectivity index (χ1n) is 6.97. The van der Waals surface area contributed by atoms with Gasteiger partial charge in [0, 0.05) is 19.1 Å². The summed E-state index contributed by atoms with van der Waals surface area (Å²) in [6.07, 6.45) is 2.63. The van der Waals surface area contributed by atoms with E-state index in [-0.39, 0.29) is 17.9 Å². The van der Waals surface area contributed by atoms with E-state index < -0.39 is 6.04 Å². The molecule has 5 heteroatoms. The molecule has 0 aliphatic carbocycles. The molecule has 1 amide bonds. The van der Waals surface area contributed by atoms with Crippen LogP contribution in [0.4, 0.5) is 0 Å². The third-order valence-corrected chi connectivity index (χ3v) is 3.99. The van der Waals surface area contributed by atoms with Gasteiger partial charge in [0.2, 0.25) is 5.91 Å². The van der Waals surface area contributed by atoms with Crippen molar-refractivity contribution in [1.82, 2.24) is 10.2 Å². The Labute approximate surface area is 109 Å². The van der Waals surface area contributed by atoms with Gasteiger partial charge in [0.15, 0.2) is 0 Å². The quantitative estimate of drug-likeness (QED) is 0.739. The minimum atomic E-state index is -0.423. The van der Waals surface area contributed by atoms with Crippen molar-refractivity contribution < 1.29 is 9.53 Å². The van der Waals surface area contributed by atoms with Crippen molar-refractivity contribution in [3.05, 3.63) is 0 Å². The molecule has 0 aromatic heterocycles. The van der Waals surface area contributed by atoms with E-state index in [0.717, 1.165) is 13.2 Å². The first kappa shape index (κ1) is 13.8. The third kappa shape index (κ3) is 3.22. The Morgan fingerprint density at radius 1 is 1.56 bits per heavy atom. The van der Waals surface area contributed by atoms with Crippen LogP contribution in [0, 0.1) is 5.92 Å². The molecular weight excluding hydrogens is 230 g/mol. The Bertz CT molecular complexity index is 296. The van der Waals surface area contributed by atoms with E-state index in [0.29, 0.717) is 12.6 Å². The van der Waals surface area contributed by atoms with Crippen LogP contribution >= 0.6 is 0 Å². The molecule has 0 saturated carbocycles. The minimum absolute atomic E-state index is 0.0721. The van der Waals surface area contributed by atoms with E-state index >= 15 is 0 Å². The summed E-state index contributed by atoms with van der Waals surface area (Å²) >= 11 is 0. The van der Waals surface area contributed by atoms with Crippen molar-refractivity contribution in [2.75, 3.05) is 26.2 Å². The molecule has 3 N–H and O–H groups in total. The Morgan fingerprint density at radius 2 is 2.33 bits per heavy atom. The Kier molecular flexibility index (Phi) is 4.59. The van der Waals surface area contributed by atoms with Crippen molar-refractivity contribution >= 4 is 5.91 Å². The van der Waals surface area contributed by atoms with E-state index in [4.69, 9.17) is 10.5 Å². The fourth-order valence-corrected chi connectivity index (χ4v) is 2.64. The number of morpholine rings is 1. The molecule has 5 nitrogen and oxygen atoms in total. The summed E-state index contributed by atoms with van der Waals surface area (Å²) in [6, 6.07) is 0.183. The number of nitrogens with two attached hydrogens (primary N) is 1. The number of nitrogens with one attached hydrogen (secondary N) is 1. The SMILES string of the molecule is CC(C)[C@H](N)C(=O)NCC1CN2CCCC2CO1. The highest BCUT2D eigenvalue weighted by Gasteiger charge is 2.32. The van der Waals surface area contributed by atoms with Gasteiger partial charge in [0.1, 0.15) is 0 Å². The van der Waals surface area contributed by atoms with E-state index in [1.54, 1.807) is 0 Å². The highest BCUT2D eigenvalue weighted by Crippen LogP contribution is 2.22. The van der Waals surface area contributed by atoms with E-state index in [1.807, 2.05) is 13.8 Å². The second-order valence-electron chi connectivity index (χ2n) is 5.76. The molecule has 3 atom stereocenters. The Hall–Kier alpha value is -0.650. The molecule has 0 aromatic rings. The van der Waals surface area contributed by atoms with E-state index in [1.165, 1.54) is 19.4 Å². The number of hydrogen-bond acceptors (Lipinski definition) is 4. The maximum atomic E-state index is 11.7. The van der Waals surface area contributed by atoms with Gasteiger partial charge in [-0.25, -0.2) is 0 Å². The standard InChI is InChI=1S/C13H25N3O2/c1-9(2)12(14)13(17)15-6-11-7-16-5-3-4-10(16)8-18-11/h9-12H,3-8,14H2,1-2H3,(H,15,17)/t10?,11?,12-/m0/s1. The monoisotopic (exact) mass is 255 g/mol. The predicted octanol–water partition coefficient (Wildman–Crippen LogP) is -0.0509. The van der Waals surface area contributed by atoms with Gasteiger partial charge in [0.05, 0.1) is 18.8 Å². The summed E-state index contributed by atoms with van der Waals surface area (Å²) in [4.78, 5) is 14.2. The van der Waals surface area contributed by atoms with Crippen molar-refractivity contribution in [2.45, 2.75) is 44.9 Å². The molecule has 0 aromatic carbocycles. The number of carbonyl (C=O) groups is 1. The van der Waals surface area contributed by atoms with E-state index in [2.05, 4.69) is 10.2 Å². The number of hydrogen-bond donors (Lipinski definition) is 2. The molecule has 2 heterocycles. The molecule has 2 fully saturated rings. The van der Waals surface area contributed by atoms with Gasteiger partial charge < -0.3 is 15.8 Å². The lowest BCUT2D eigenvalue weighted by Gasteiger charge is -2.35. The van der Waals surface area contributed by atoms with Gasteiger partial charge in [-0.2, -0.15) is 0 Å². The van der Waals surface area contributed by atoms with Crippen molar-refractivity contribution in [1.29, 1.82) is 0 Å². The highest BCUT2D eigenvalue weighted by atomic mass is 16.5. The normalized spacial score (nSPS) is 30.2. The van der Waals surface area contributed by atoms with Crippen molar-refractivity contribution in [2.24, 2.45) is 11.7 Å². The van der Waals surface area contributed by atoms with Gasteiger partial charge in [-0.3, -0.25) is 9.69 Å². The number of nitrogens with zero attached hydrogens (tertiary/aromatic N) is 1. The molecule has 2 aliphatic rings. The van der Waals surface area contributed by atoms with Gasteiger partial charge in [-0.15, -0.1) is 0 Å². The first-order chi connectivity index (χ1) is 8.58. The molecule has 104 valence electrons. The predicted molar refractivity (Wildman–Crippen MR) is 70.2 cm³/mol. The van der Waals surface area contributed by atoms with Crippen LogP contribution in [0.5, 0.6) is 0 Å². The summed E-state index contributed by atoms with van der Waals surface area (Å²) in [5.74, 6) is 0.0948. The smallest absolute Gasteiger partial charge is 0.237 e. The number of amides is 1. The van der Waals surface area contributed by atoms with Crippen molar-refractivity contribution in [3.8, 4) is 0 Å². The number of carbonyl (C=O) groups excluding carboxylic acids is 1. The zero-order valence-corrected chi connectivity index (χ0v) is 11.4. The van der Waals surface area contributed by atoms with Crippen LogP contribution in [0.25, 0.3) is 0 Å². The number of rotatable bonds is 4. The first-order valence-corrected chi connectivity index (χ1v) is 6.97. The molecule has 2 saturated heterocycles. The zero-order valence-electron chi connectivity index (χ0n) is 11.4. The lowest BCUT2D eigenvalue weighted by Crippen LogP contribution is -2.52. The van der Waals surface area contributed by atoms with Crippen LogP contribution in [0.2, 0.25) is 0 Å². The van der Waals surface area contributed by atoms with Crippen molar-refractivity contribution in [3.63, 3.8) is 0 Å². The molecular formula is C13H25N3O2. The summed E-state index contributed by atoms with van der Waals surface area (Å²) < 4.78 is 5.79. The van der Waals surface area contributed by atoms with Crippen LogP contribution < -0.4 is 11.1 Å². The third-order valence-electron chi connectivity index (χ3n) is 3.99. The van der Waals surface area contributed by atoms with Crippen LogP contribution in [0.3, 0.4) is 0 Å². The second-order valence-corrected chi connectivity index (χ2v) is 5.76. The average molecular weight is 255 g/mol. The fourth-order valence-electron chi connectivity index (χ4n) is 2.64. The Balaban J connectivity index is 1.72. The summed E-state index contributed by atoms with van der Waals surface area (Å²) in [6.45, 7) is 7.39. The maximum Gasteiger partial charge on any atom is 0.237 e.